The number of aromatic nitrogens is 3. The molecule has 1 aliphatic heterocycles. The zero-order chi connectivity index (χ0) is 10.7. The van der Waals surface area contributed by atoms with Crippen molar-refractivity contribution < 1.29 is 0 Å². The minimum atomic E-state index is 0.819. The van der Waals surface area contributed by atoms with Crippen LogP contribution in [0.2, 0.25) is 0 Å². The largest absolute Gasteiger partial charge is 0.357 e. The summed E-state index contributed by atoms with van der Waals surface area (Å²) in [6.07, 6.45) is 3.54. The maximum absolute atomic E-state index is 4.18. The van der Waals surface area contributed by atoms with Crippen molar-refractivity contribution in [2.24, 2.45) is 13.0 Å². The highest BCUT2D eigenvalue weighted by Gasteiger charge is 2.15. The van der Waals surface area contributed by atoms with Gasteiger partial charge in [0.15, 0.2) is 0 Å². The fraction of sp³-hybridized carbons (Fsp3) is 0.800. The number of rotatable bonds is 4. The van der Waals surface area contributed by atoms with Crippen molar-refractivity contribution in [2.45, 2.75) is 19.3 Å². The zero-order valence-electron chi connectivity index (χ0n) is 9.45. The normalized spacial score (nSPS) is 20.8. The van der Waals surface area contributed by atoms with Gasteiger partial charge in [-0.15, -0.1) is 10.2 Å². The molecule has 1 unspecified atom stereocenters. The third-order valence-corrected chi connectivity index (χ3v) is 3.13. The molecule has 1 saturated heterocycles. The molecule has 15 heavy (non-hydrogen) atoms. The van der Waals surface area contributed by atoms with Crippen LogP contribution in [0, 0.1) is 5.92 Å². The Morgan fingerprint density at radius 1 is 1.53 bits per heavy atom. The van der Waals surface area contributed by atoms with Crippen molar-refractivity contribution in [3.8, 4) is 0 Å². The van der Waals surface area contributed by atoms with Gasteiger partial charge < -0.3 is 15.2 Å². The van der Waals surface area contributed by atoms with Crippen LogP contribution in [-0.2, 0) is 13.5 Å². The molecule has 0 bridgehead atoms. The lowest BCUT2D eigenvalue weighted by molar-refractivity contribution is 0.519. The second-order valence-electron chi connectivity index (χ2n) is 4.15. The van der Waals surface area contributed by atoms with Crippen molar-refractivity contribution in [3.05, 3.63) is 5.82 Å². The number of anilines is 1. The Morgan fingerprint density at radius 3 is 3.00 bits per heavy atom. The molecule has 1 aromatic rings. The van der Waals surface area contributed by atoms with Gasteiger partial charge in [-0.05, 0) is 31.8 Å². The molecule has 5 heteroatoms. The van der Waals surface area contributed by atoms with Gasteiger partial charge in [-0.1, -0.05) is 0 Å². The molecule has 5 nitrogen and oxygen atoms in total. The summed E-state index contributed by atoms with van der Waals surface area (Å²) in [4.78, 5) is 0. The fourth-order valence-corrected chi connectivity index (χ4v) is 2.09. The minimum absolute atomic E-state index is 0.819. The van der Waals surface area contributed by atoms with Gasteiger partial charge in [0.05, 0.1) is 0 Å². The van der Waals surface area contributed by atoms with E-state index in [-0.39, 0.29) is 0 Å². The molecule has 0 aliphatic carbocycles. The quantitative estimate of drug-likeness (QED) is 0.753. The zero-order valence-corrected chi connectivity index (χ0v) is 9.45. The Bertz CT molecular complexity index is 314. The lowest BCUT2D eigenvalue weighted by Gasteiger charge is -2.07. The van der Waals surface area contributed by atoms with Crippen LogP contribution in [0.25, 0.3) is 0 Å². The van der Waals surface area contributed by atoms with E-state index in [1.807, 2.05) is 18.7 Å². The van der Waals surface area contributed by atoms with Crippen LogP contribution in [0.15, 0.2) is 0 Å². The molecule has 84 valence electrons. The number of hydrogen-bond acceptors (Lipinski definition) is 4. The monoisotopic (exact) mass is 209 g/mol. The van der Waals surface area contributed by atoms with Crippen LogP contribution < -0.4 is 10.6 Å². The number of nitrogens with one attached hydrogen (secondary N) is 2. The third-order valence-electron chi connectivity index (χ3n) is 3.13. The van der Waals surface area contributed by atoms with E-state index in [1.165, 1.54) is 19.4 Å². The summed E-state index contributed by atoms with van der Waals surface area (Å²) in [6, 6.07) is 0. The average molecular weight is 209 g/mol. The average Bonchev–Trinajstić information content (AvgIpc) is 2.85. The number of nitrogens with zero attached hydrogens (tertiary/aromatic N) is 3. The topological polar surface area (TPSA) is 54.8 Å². The van der Waals surface area contributed by atoms with E-state index in [0.717, 1.165) is 30.7 Å². The van der Waals surface area contributed by atoms with E-state index < -0.39 is 0 Å². The van der Waals surface area contributed by atoms with Crippen molar-refractivity contribution in [1.29, 1.82) is 0 Å². The van der Waals surface area contributed by atoms with Crippen LogP contribution >= 0.6 is 0 Å². The highest BCUT2D eigenvalue weighted by molar-refractivity contribution is 5.23. The summed E-state index contributed by atoms with van der Waals surface area (Å²) in [6.45, 7) is 2.34. The predicted molar refractivity (Wildman–Crippen MR) is 59.8 cm³/mol. The highest BCUT2D eigenvalue weighted by atomic mass is 15.3. The van der Waals surface area contributed by atoms with Gasteiger partial charge >= 0.3 is 0 Å². The number of hydrogen-bond donors (Lipinski definition) is 2. The maximum atomic E-state index is 4.18. The smallest absolute Gasteiger partial charge is 0.224 e. The Labute approximate surface area is 90.3 Å². The SMILES string of the molecule is CNc1nnc(CCC2CCNC2)n1C. The van der Waals surface area contributed by atoms with Gasteiger partial charge in [-0.25, -0.2) is 0 Å². The van der Waals surface area contributed by atoms with E-state index in [1.54, 1.807) is 0 Å². The van der Waals surface area contributed by atoms with Crippen LogP contribution in [0.3, 0.4) is 0 Å². The molecule has 2 N–H and O–H groups in total. The van der Waals surface area contributed by atoms with Crippen molar-refractivity contribution in [2.75, 3.05) is 25.5 Å². The van der Waals surface area contributed by atoms with Crippen molar-refractivity contribution in [3.63, 3.8) is 0 Å². The molecule has 1 aromatic heterocycles. The fourth-order valence-electron chi connectivity index (χ4n) is 2.09. The molecule has 0 aromatic carbocycles. The second kappa shape index (κ2) is 4.61. The summed E-state index contributed by atoms with van der Waals surface area (Å²) in [5.41, 5.74) is 0. The van der Waals surface area contributed by atoms with Gasteiger partial charge in [0, 0.05) is 20.5 Å². The van der Waals surface area contributed by atoms with Gasteiger partial charge in [0.25, 0.3) is 0 Å². The van der Waals surface area contributed by atoms with Crippen LogP contribution in [0.1, 0.15) is 18.7 Å². The molecular formula is C10H19N5. The standard InChI is InChI=1S/C10H19N5/c1-11-10-14-13-9(15(10)2)4-3-8-5-6-12-7-8/h8,12H,3-7H2,1-2H3,(H,11,14). The Hall–Kier alpha value is -1.10. The Balaban J connectivity index is 1.89. The highest BCUT2D eigenvalue weighted by Crippen LogP contribution is 2.15. The van der Waals surface area contributed by atoms with Gasteiger partial charge in [0.1, 0.15) is 5.82 Å². The summed E-state index contributed by atoms with van der Waals surface area (Å²) in [7, 11) is 3.88. The van der Waals surface area contributed by atoms with E-state index in [2.05, 4.69) is 20.8 Å². The lowest BCUT2D eigenvalue weighted by atomic mass is 10.0. The third kappa shape index (κ3) is 2.28. The first-order valence-electron chi connectivity index (χ1n) is 5.58. The van der Waals surface area contributed by atoms with Gasteiger partial charge in [0.2, 0.25) is 5.95 Å². The summed E-state index contributed by atoms with van der Waals surface area (Å²) in [5, 5.41) is 14.6. The molecule has 2 heterocycles. The van der Waals surface area contributed by atoms with Crippen LogP contribution in [0.5, 0.6) is 0 Å². The van der Waals surface area contributed by atoms with Crippen molar-refractivity contribution in [1.82, 2.24) is 20.1 Å². The predicted octanol–water partition coefficient (Wildman–Crippen LogP) is 0.399. The molecular weight excluding hydrogens is 190 g/mol. The molecule has 1 atom stereocenters. The maximum Gasteiger partial charge on any atom is 0.224 e. The van der Waals surface area contributed by atoms with Gasteiger partial charge in [-0.3, -0.25) is 0 Å². The molecule has 0 spiro atoms. The molecule has 0 saturated carbocycles. The Kier molecular flexibility index (Phi) is 3.20. The molecule has 0 amide bonds. The van der Waals surface area contributed by atoms with Crippen molar-refractivity contribution >= 4 is 5.95 Å². The van der Waals surface area contributed by atoms with Crippen LogP contribution in [0.4, 0.5) is 5.95 Å². The Morgan fingerprint density at radius 2 is 2.40 bits per heavy atom. The first-order valence-corrected chi connectivity index (χ1v) is 5.58. The van der Waals surface area contributed by atoms with E-state index in [0.29, 0.717) is 0 Å². The number of aryl methyl sites for hydroxylation is 1. The molecule has 1 aliphatic rings. The first-order chi connectivity index (χ1) is 7.31. The van der Waals surface area contributed by atoms with E-state index in [9.17, 15) is 0 Å². The molecule has 2 rings (SSSR count). The summed E-state index contributed by atoms with van der Waals surface area (Å²) in [5.74, 6) is 2.74. The molecule has 0 radical (unpaired) electrons. The molecule has 1 fully saturated rings. The lowest BCUT2D eigenvalue weighted by Crippen LogP contribution is -2.10. The minimum Gasteiger partial charge on any atom is -0.357 e. The summed E-state index contributed by atoms with van der Waals surface area (Å²) < 4.78 is 2.03. The first kappa shape index (κ1) is 10.4. The summed E-state index contributed by atoms with van der Waals surface area (Å²) >= 11 is 0. The second-order valence-corrected chi connectivity index (χ2v) is 4.15. The van der Waals surface area contributed by atoms with E-state index >= 15 is 0 Å². The van der Waals surface area contributed by atoms with E-state index in [4.69, 9.17) is 0 Å². The van der Waals surface area contributed by atoms with Crippen LogP contribution in [-0.4, -0.2) is 34.9 Å². The van der Waals surface area contributed by atoms with Gasteiger partial charge in [-0.2, -0.15) is 0 Å².